The normalized spacial score (nSPS) is 17.3. The van der Waals surface area contributed by atoms with Crippen LogP contribution in [0.4, 0.5) is 0 Å². The molecule has 162 valence electrons. The molecule has 6 heteroatoms. The van der Waals surface area contributed by atoms with Crippen molar-refractivity contribution in [2.45, 2.75) is 32.1 Å². The Morgan fingerprint density at radius 3 is 1.68 bits per heavy atom. The third-order valence-electron chi connectivity index (χ3n) is 5.71. The number of nitrogens with zero attached hydrogens (tertiary/aromatic N) is 3. The molecule has 0 radical (unpaired) electrons. The van der Waals surface area contributed by atoms with Crippen molar-refractivity contribution in [2.24, 2.45) is 0 Å². The van der Waals surface area contributed by atoms with Crippen LogP contribution in [0.3, 0.4) is 0 Å². The molecule has 0 N–H and O–H groups in total. The Labute approximate surface area is 189 Å². The number of hydrogen-bond donors (Lipinski definition) is 0. The molecule has 2 saturated heterocycles. The summed E-state index contributed by atoms with van der Waals surface area (Å²) in [7, 11) is 0. The van der Waals surface area contributed by atoms with Crippen molar-refractivity contribution in [1.82, 2.24) is 13.5 Å². The van der Waals surface area contributed by atoms with Crippen molar-refractivity contribution >= 4 is 23.9 Å². The lowest BCUT2D eigenvalue weighted by Crippen LogP contribution is -2.46. The fourth-order valence-corrected chi connectivity index (χ4v) is 4.86. The summed E-state index contributed by atoms with van der Waals surface area (Å²) in [5.74, 6) is -0.347. The summed E-state index contributed by atoms with van der Waals surface area (Å²) in [4.78, 5) is 28.6. The molecule has 0 saturated carbocycles. The van der Waals surface area contributed by atoms with Gasteiger partial charge in [0.2, 0.25) is 0 Å². The molecular weight excluding hydrogens is 406 g/mol. The van der Waals surface area contributed by atoms with Crippen LogP contribution in [0.2, 0.25) is 0 Å². The molecule has 2 aliphatic rings. The lowest BCUT2D eigenvalue weighted by Gasteiger charge is -2.35. The molecule has 0 spiro atoms. The van der Waals surface area contributed by atoms with Crippen LogP contribution in [0.1, 0.15) is 30.4 Å². The van der Waals surface area contributed by atoms with Gasteiger partial charge in [-0.1, -0.05) is 60.7 Å². The van der Waals surface area contributed by atoms with Crippen molar-refractivity contribution in [1.29, 1.82) is 0 Å². The first-order chi connectivity index (χ1) is 15.2. The van der Waals surface area contributed by atoms with Gasteiger partial charge in [-0.3, -0.25) is 18.2 Å². The SMILES string of the molecule is O=C1C(=CN2CCCCC2)C(=O)N(CCc2ccccc2)SN1CCc1ccccc1. The molecule has 0 atom stereocenters. The second kappa shape index (κ2) is 10.5. The first-order valence-electron chi connectivity index (χ1n) is 11.1. The lowest BCUT2D eigenvalue weighted by molar-refractivity contribution is -0.131. The molecule has 2 heterocycles. The van der Waals surface area contributed by atoms with E-state index in [4.69, 9.17) is 0 Å². The summed E-state index contributed by atoms with van der Waals surface area (Å²) in [6.07, 6.45) is 6.76. The number of hydrogen-bond acceptors (Lipinski definition) is 4. The van der Waals surface area contributed by atoms with Crippen molar-refractivity contribution < 1.29 is 9.59 Å². The van der Waals surface area contributed by atoms with Crippen LogP contribution in [0.25, 0.3) is 0 Å². The molecule has 2 aromatic carbocycles. The monoisotopic (exact) mass is 435 g/mol. The molecule has 0 bridgehead atoms. The Morgan fingerprint density at radius 2 is 1.19 bits per heavy atom. The van der Waals surface area contributed by atoms with Crippen molar-refractivity contribution in [3.63, 3.8) is 0 Å². The quantitative estimate of drug-likeness (QED) is 0.374. The number of carbonyl (C=O) groups excluding carboxylic acids is 2. The maximum Gasteiger partial charge on any atom is 0.272 e. The number of amides is 2. The number of carbonyl (C=O) groups is 2. The molecule has 2 amide bonds. The smallest absolute Gasteiger partial charge is 0.272 e. The summed E-state index contributed by atoms with van der Waals surface area (Å²) in [6, 6.07) is 20.3. The number of piperidine rings is 1. The van der Waals surface area contributed by atoms with Gasteiger partial charge in [-0.15, -0.1) is 0 Å². The van der Waals surface area contributed by atoms with Crippen LogP contribution >= 0.6 is 12.1 Å². The minimum Gasteiger partial charge on any atom is -0.377 e. The number of likely N-dealkylation sites (tertiary alicyclic amines) is 1. The van der Waals surface area contributed by atoms with Crippen LogP contribution in [-0.2, 0) is 22.4 Å². The Bertz CT molecular complexity index is 847. The maximum atomic E-state index is 13.2. The van der Waals surface area contributed by atoms with E-state index in [1.165, 1.54) is 29.7 Å². The van der Waals surface area contributed by atoms with Gasteiger partial charge in [0.15, 0.2) is 0 Å². The average molecular weight is 436 g/mol. The summed E-state index contributed by atoms with van der Waals surface area (Å²) in [5.41, 5.74) is 2.66. The van der Waals surface area contributed by atoms with E-state index in [2.05, 4.69) is 29.2 Å². The molecule has 0 aliphatic carbocycles. The molecule has 5 nitrogen and oxygen atoms in total. The highest BCUT2D eigenvalue weighted by Gasteiger charge is 2.36. The van der Waals surface area contributed by atoms with E-state index in [0.29, 0.717) is 18.7 Å². The van der Waals surface area contributed by atoms with Gasteiger partial charge >= 0.3 is 0 Å². The summed E-state index contributed by atoms with van der Waals surface area (Å²) in [5, 5.41) is 0. The van der Waals surface area contributed by atoms with E-state index in [1.54, 1.807) is 8.61 Å². The minimum atomic E-state index is -0.174. The maximum absolute atomic E-state index is 13.2. The van der Waals surface area contributed by atoms with E-state index >= 15 is 0 Å². The van der Waals surface area contributed by atoms with Crippen molar-refractivity contribution in [3.05, 3.63) is 83.6 Å². The van der Waals surface area contributed by atoms with Gasteiger partial charge in [0, 0.05) is 32.4 Å². The van der Waals surface area contributed by atoms with Gasteiger partial charge in [0.25, 0.3) is 11.8 Å². The predicted molar refractivity (Wildman–Crippen MR) is 125 cm³/mol. The van der Waals surface area contributed by atoms with Gasteiger partial charge in [-0.25, -0.2) is 0 Å². The first kappa shape index (κ1) is 21.5. The third-order valence-corrected chi connectivity index (χ3v) is 6.80. The molecule has 0 aromatic heterocycles. The first-order valence-corrected chi connectivity index (χ1v) is 11.8. The fourth-order valence-electron chi connectivity index (χ4n) is 3.93. The fraction of sp³-hybridized carbons (Fsp3) is 0.360. The summed E-state index contributed by atoms with van der Waals surface area (Å²) in [6.45, 7) is 2.95. The van der Waals surface area contributed by atoms with Crippen LogP contribution in [0.15, 0.2) is 72.4 Å². The van der Waals surface area contributed by atoms with Gasteiger partial charge in [-0.05, 0) is 43.2 Å². The minimum absolute atomic E-state index is 0.174. The highest BCUT2D eigenvalue weighted by molar-refractivity contribution is 7.96. The Hall–Kier alpha value is -2.73. The molecular formula is C25H29N3O2S. The van der Waals surface area contributed by atoms with E-state index in [0.717, 1.165) is 38.8 Å². The Kier molecular flexibility index (Phi) is 7.30. The largest absolute Gasteiger partial charge is 0.377 e. The molecule has 31 heavy (non-hydrogen) atoms. The van der Waals surface area contributed by atoms with Crippen LogP contribution < -0.4 is 0 Å². The second-order valence-corrected chi connectivity index (χ2v) is 9.05. The zero-order valence-electron chi connectivity index (χ0n) is 17.8. The van der Waals surface area contributed by atoms with Gasteiger partial charge in [-0.2, -0.15) is 0 Å². The average Bonchev–Trinajstić information content (AvgIpc) is 2.82. The third kappa shape index (κ3) is 5.70. The number of rotatable bonds is 7. The highest BCUT2D eigenvalue weighted by atomic mass is 32.2. The van der Waals surface area contributed by atoms with Crippen molar-refractivity contribution in [2.75, 3.05) is 26.2 Å². The molecule has 2 aromatic rings. The molecule has 2 aliphatic heterocycles. The standard InChI is InChI=1S/C25H29N3O2S/c29-24-23(20-26-16-8-3-9-17-26)25(30)28(19-15-22-12-6-2-7-13-22)31-27(24)18-14-21-10-4-1-5-11-21/h1-2,4-7,10-13,20H,3,8-9,14-19H2. The second-order valence-electron chi connectivity index (χ2n) is 8.01. The number of benzene rings is 2. The molecule has 0 unspecified atom stereocenters. The zero-order valence-corrected chi connectivity index (χ0v) is 18.6. The van der Waals surface area contributed by atoms with E-state index in [9.17, 15) is 9.59 Å². The van der Waals surface area contributed by atoms with Crippen LogP contribution in [0, 0.1) is 0 Å². The lowest BCUT2D eigenvalue weighted by atomic mass is 10.1. The summed E-state index contributed by atoms with van der Waals surface area (Å²) < 4.78 is 3.49. The zero-order chi connectivity index (χ0) is 21.5. The van der Waals surface area contributed by atoms with Gasteiger partial charge < -0.3 is 4.90 Å². The van der Waals surface area contributed by atoms with Crippen molar-refractivity contribution in [3.8, 4) is 0 Å². The Balaban J connectivity index is 1.50. The van der Waals surface area contributed by atoms with Gasteiger partial charge in [0.05, 0.1) is 12.1 Å². The predicted octanol–water partition coefficient (Wildman–Crippen LogP) is 4.08. The van der Waals surface area contributed by atoms with Gasteiger partial charge in [0.1, 0.15) is 5.57 Å². The summed E-state index contributed by atoms with van der Waals surface area (Å²) >= 11 is 1.26. The van der Waals surface area contributed by atoms with Crippen LogP contribution in [-0.4, -0.2) is 51.5 Å². The Morgan fingerprint density at radius 1 is 0.710 bits per heavy atom. The van der Waals surface area contributed by atoms with Crippen LogP contribution in [0.5, 0.6) is 0 Å². The van der Waals surface area contributed by atoms with E-state index in [1.807, 2.05) is 42.6 Å². The highest BCUT2D eigenvalue weighted by Crippen LogP contribution is 2.29. The molecule has 4 rings (SSSR count). The van der Waals surface area contributed by atoms with E-state index < -0.39 is 0 Å². The molecule has 2 fully saturated rings. The van der Waals surface area contributed by atoms with E-state index in [-0.39, 0.29) is 11.8 Å². The topological polar surface area (TPSA) is 43.9 Å².